The molecule has 96 valence electrons. The number of hydrogen-bond acceptors (Lipinski definition) is 2. The van der Waals surface area contributed by atoms with E-state index < -0.39 is 0 Å². The van der Waals surface area contributed by atoms with Crippen LogP contribution in [-0.4, -0.2) is 22.5 Å². The number of aromatic nitrogens is 1. The minimum Gasteiger partial charge on any atom is -0.361 e. The Morgan fingerprint density at radius 2 is 2.22 bits per heavy atom. The van der Waals surface area contributed by atoms with E-state index in [0.717, 1.165) is 11.8 Å². The van der Waals surface area contributed by atoms with Crippen molar-refractivity contribution in [1.29, 1.82) is 0 Å². The molecule has 1 fully saturated rings. The lowest BCUT2D eigenvalue weighted by Gasteiger charge is -2.12. The highest BCUT2D eigenvalue weighted by atomic mass is 32.2. The lowest BCUT2D eigenvalue weighted by molar-refractivity contribution is 0.526. The summed E-state index contributed by atoms with van der Waals surface area (Å²) in [7, 11) is 0. The van der Waals surface area contributed by atoms with Gasteiger partial charge in [0.05, 0.1) is 0 Å². The Balaban J connectivity index is 1.63. The van der Waals surface area contributed by atoms with E-state index in [9.17, 15) is 0 Å². The van der Waals surface area contributed by atoms with E-state index in [2.05, 4.69) is 47.0 Å². The summed E-state index contributed by atoms with van der Waals surface area (Å²) < 4.78 is 0. The maximum Gasteiger partial charge on any atom is 0.0457 e. The van der Waals surface area contributed by atoms with Gasteiger partial charge in [0.25, 0.3) is 0 Å². The second-order valence-electron chi connectivity index (χ2n) is 5.11. The highest BCUT2D eigenvalue weighted by molar-refractivity contribution is 7.99. The summed E-state index contributed by atoms with van der Waals surface area (Å²) in [6.45, 7) is 0.982. The van der Waals surface area contributed by atoms with Gasteiger partial charge >= 0.3 is 0 Å². The fourth-order valence-electron chi connectivity index (χ4n) is 2.87. The van der Waals surface area contributed by atoms with Gasteiger partial charge in [-0.15, -0.1) is 0 Å². The zero-order valence-corrected chi connectivity index (χ0v) is 11.6. The number of benzene rings is 1. The van der Waals surface area contributed by atoms with Crippen LogP contribution in [0.25, 0.3) is 10.9 Å². The summed E-state index contributed by atoms with van der Waals surface area (Å²) in [5.41, 5.74) is 2.63. The van der Waals surface area contributed by atoms with Gasteiger partial charge in [-0.05, 0) is 37.1 Å². The Morgan fingerprint density at radius 1 is 1.33 bits per heavy atom. The summed E-state index contributed by atoms with van der Waals surface area (Å²) in [6.07, 6.45) is 8.38. The first-order valence-corrected chi connectivity index (χ1v) is 7.97. The SMILES string of the molecule is CSC1CCC(NCc2c[nH]c3ccccc23)C1. The molecule has 2 atom stereocenters. The Hall–Kier alpha value is -0.930. The van der Waals surface area contributed by atoms with Gasteiger partial charge in [-0.3, -0.25) is 0 Å². The zero-order chi connectivity index (χ0) is 12.4. The molecular weight excluding hydrogens is 240 g/mol. The number of nitrogens with one attached hydrogen (secondary N) is 2. The van der Waals surface area contributed by atoms with E-state index in [4.69, 9.17) is 0 Å². The van der Waals surface area contributed by atoms with Crippen molar-refractivity contribution in [2.45, 2.75) is 37.1 Å². The van der Waals surface area contributed by atoms with Crippen molar-refractivity contribution in [3.05, 3.63) is 36.0 Å². The first kappa shape index (κ1) is 12.1. The van der Waals surface area contributed by atoms with Gasteiger partial charge in [0, 0.05) is 34.9 Å². The number of thioether (sulfide) groups is 1. The van der Waals surface area contributed by atoms with Gasteiger partial charge in [0.2, 0.25) is 0 Å². The molecule has 3 heteroatoms. The van der Waals surface area contributed by atoms with Crippen molar-refractivity contribution >= 4 is 22.7 Å². The van der Waals surface area contributed by atoms with Crippen LogP contribution in [0.4, 0.5) is 0 Å². The number of hydrogen-bond donors (Lipinski definition) is 2. The minimum atomic E-state index is 0.705. The minimum absolute atomic E-state index is 0.705. The molecule has 18 heavy (non-hydrogen) atoms. The summed E-state index contributed by atoms with van der Waals surface area (Å²) in [5, 5.41) is 5.92. The molecule has 3 rings (SSSR count). The molecule has 2 nitrogen and oxygen atoms in total. The number of aromatic amines is 1. The molecule has 0 radical (unpaired) electrons. The molecule has 1 heterocycles. The fraction of sp³-hybridized carbons (Fsp3) is 0.467. The van der Waals surface area contributed by atoms with Crippen LogP contribution in [0.15, 0.2) is 30.5 Å². The van der Waals surface area contributed by atoms with Crippen LogP contribution in [-0.2, 0) is 6.54 Å². The molecule has 0 spiro atoms. The average Bonchev–Trinajstić information content (AvgIpc) is 3.03. The summed E-state index contributed by atoms with van der Waals surface area (Å²) in [4.78, 5) is 3.34. The van der Waals surface area contributed by atoms with Crippen molar-refractivity contribution in [2.75, 3.05) is 6.26 Å². The number of fused-ring (bicyclic) bond motifs is 1. The Morgan fingerprint density at radius 3 is 3.06 bits per heavy atom. The molecule has 1 saturated carbocycles. The average molecular weight is 260 g/mol. The molecule has 2 aromatic rings. The summed E-state index contributed by atoms with van der Waals surface area (Å²) in [6, 6.07) is 9.23. The molecule has 0 amide bonds. The van der Waals surface area contributed by atoms with Gasteiger partial charge < -0.3 is 10.3 Å². The Bertz CT molecular complexity index is 520. The fourth-order valence-corrected chi connectivity index (χ4v) is 3.67. The van der Waals surface area contributed by atoms with Crippen LogP contribution in [0, 0.1) is 0 Å². The van der Waals surface area contributed by atoms with E-state index in [1.807, 2.05) is 11.8 Å². The summed E-state index contributed by atoms with van der Waals surface area (Å²) >= 11 is 2.02. The first-order chi connectivity index (χ1) is 8.86. The molecule has 0 saturated heterocycles. The number of rotatable bonds is 4. The largest absolute Gasteiger partial charge is 0.361 e. The van der Waals surface area contributed by atoms with E-state index in [1.165, 1.54) is 35.7 Å². The molecule has 2 N–H and O–H groups in total. The standard InChI is InChI=1S/C15H20N2S/c1-18-13-7-6-12(8-13)16-9-11-10-17-15-5-3-2-4-14(11)15/h2-5,10,12-13,16-17H,6-9H2,1H3. The van der Waals surface area contributed by atoms with Gasteiger partial charge in [-0.2, -0.15) is 11.8 Å². The summed E-state index contributed by atoms with van der Waals surface area (Å²) in [5.74, 6) is 0. The molecule has 2 unspecified atom stereocenters. The molecule has 1 aromatic carbocycles. The Kier molecular flexibility index (Phi) is 3.62. The third-order valence-corrected chi connectivity index (χ3v) is 5.07. The van der Waals surface area contributed by atoms with Crippen LogP contribution in [0.2, 0.25) is 0 Å². The van der Waals surface area contributed by atoms with Crippen LogP contribution >= 0.6 is 11.8 Å². The lowest BCUT2D eigenvalue weighted by Crippen LogP contribution is -2.25. The van der Waals surface area contributed by atoms with E-state index in [0.29, 0.717) is 6.04 Å². The van der Waals surface area contributed by atoms with E-state index >= 15 is 0 Å². The third kappa shape index (κ3) is 2.43. The van der Waals surface area contributed by atoms with Crippen molar-refractivity contribution < 1.29 is 0 Å². The van der Waals surface area contributed by atoms with Crippen molar-refractivity contribution in [3.63, 3.8) is 0 Å². The van der Waals surface area contributed by atoms with Crippen LogP contribution < -0.4 is 5.32 Å². The van der Waals surface area contributed by atoms with Gasteiger partial charge in [-0.1, -0.05) is 18.2 Å². The maximum atomic E-state index is 3.71. The predicted octanol–water partition coefficient (Wildman–Crippen LogP) is 3.54. The van der Waals surface area contributed by atoms with Crippen molar-refractivity contribution in [3.8, 4) is 0 Å². The number of H-pyrrole nitrogens is 1. The van der Waals surface area contributed by atoms with E-state index in [-0.39, 0.29) is 0 Å². The molecule has 1 aliphatic carbocycles. The van der Waals surface area contributed by atoms with E-state index in [1.54, 1.807) is 0 Å². The highest BCUT2D eigenvalue weighted by Gasteiger charge is 2.23. The van der Waals surface area contributed by atoms with Crippen molar-refractivity contribution in [2.24, 2.45) is 0 Å². The monoisotopic (exact) mass is 260 g/mol. The third-order valence-electron chi connectivity index (χ3n) is 3.97. The van der Waals surface area contributed by atoms with Gasteiger partial charge in [0.1, 0.15) is 0 Å². The van der Waals surface area contributed by atoms with Crippen molar-refractivity contribution in [1.82, 2.24) is 10.3 Å². The van der Waals surface area contributed by atoms with Gasteiger partial charge in [-0.25, -0.2) is 0 Å². The van der Waals surface area contributed by atoms with Crippen LogP contribution in [0.1, 0.15) is 24.8 Å². The van der Waals surface area contributed by atoms with Gasteiger partial charge in [0.15, 0.2) is 0 Å². The smallest absolute Gasteiger partial charge is 0.0457 e. The zero-order valence-electron chi connectivity index (χ0n) is 10.8. The molecule has 1 aromatic heterocycles. The normalized spacial score (nSPS) is 23.8. The highest BCUT2D eigenvalue weighted by Crippen LogP contribution is 2.28. The predicted molar refractivity (Wildman–Crippen MR) is 80.1 cm³/mol. The van der Waals surface area contributed by atoms with Crippen LogP contribution in [0.3, 0.4) is 0 Å². The molecular formula is C15H20N2S. The molecule has 0 aliphatic heterocycles. The topological polar surface area (TPSA) is 27.8 Å². The number of para-hydroxylation sites is 1. The quantitative estimate of drug-likeness (QED) is 0.880. The second-order valence-corrected chi connectivity index (χ2v) is 6.25. The molecule has 1 aliphatic rings. The second kappa shape index (κ2) is 5.37. The lowest BCUT2D eigenvalue weighted by atomic mass is 10.1. The maximum absolute atomic E-state index is 3.71. The molecule has 0 bridgehead atoms. The van der Waals surface area contributed by atoms with Crippen LogP contribution in [0.5, 0.6) is 0 Å². The first-order valence-electron chi connectivity index (χ1n) is 6.68. The Labute approximate surface area is 113 Å².